The fraction of sp³-hybridized carbons (Fsp3) is 0.879. The van der Waals surface area contributed by atoms with Gasteiger partial charge in [0.2, 0.25) is 21.8 Å². The monoisotopic (exact) mass is 660 g/mol. The Morgan fingerprint density at radius 1 is 0.911 bits per heavy atom. The van der Waals surface area contributed by atoms with Crippen molar-refractivity contribution in [2.75, 3.05) is 26.2 Å². The molecule has 0 spiro atoms. The van der Waals surface area contributed by atoms with Crippen LogP contribution in [-0.4, -0.2) is 91.2 Å². The third-order valence-corrected chi connectivity index (χ3v) is 10.7. The van der Waals surface area contributed by atoms with Crippen LogP contribution < -0.4 is 10.1 Å². The van der Waals surface area contributed by atoms with Gasteiger partial charge in [-0.3, -0.25) is 9.59 Å². The van der Waals surface area contributed by atoms with Crippen LogP contribution >= 0.6 is 0 Å². The zero-order valence-corrected chi connectivity index (χ0v) is 29.1. The SMILES string of the molecule is CC#CC1CC(C(=O)NC(CC2CC(F)CC(F)C2)C(O)CN(CCC)NS(=O)(=O)C(C)C)CC(C(=O)N(CCC)CCC)C1. The van der Waals surface area contributed by atoms with Gasteiger partial charge in [0.15, 0.2) is 0 Å². The average molecular weight is 661 g/mol. The molecule has 0 radical (unpaired) electrons. The Bertz CT molecular complexity index is 1080. The number of carbonyl (C=O) groups is 2. The van der Waals surface area contributed by atoms with Gasteiger partial charge in [0.05, 0.1) is 17.4 Å². The largest absolute Gasteiger partial charge is 0.390 e. The molecule has 0 saturated heterocycles. The molecule has 2 rings (SSSR count). The number of aliphatic hydroxyl groups is 1. The fourth-order valence-electron chi connectivity index (χ4n) is 6.72. The van der Waals surface area contributed by atoms with E-state index >= 15 is 0 Å². The van der Waals surface area contributed by atoms with Gasteiger partial charge in [0.1, 0.15) is 12.3 Å². The summed E-state index contributed by atoms with van der Waals surface area (Å²) in [5.74, 6) is 4.40. The molecule has 0 heterocycles. The second-order valence-electron chi connectivity index (χ2n) is 13.3. The third-order valence-electron chi connectivity index (χ3n) is 8.92. The number of sulfonamides is 1. The highest BCUT2D eigenvalue weighted by Gasteiger charge is 2.39. The minimum atomic E-state index is -3.68. The standard InChI is InChI=1S/C33H58F2N4O5S/c1-7-11-24-15-26(20-27(16-24)33(42)38(12-8-2)13-9-3)32(41)36-30(19-25-17-28(34)21-29(35)18-25)31(40)22-39(14-10-4)37-45(43,44)23(5)6/h23-31,37,40H,8-10,12-22H2,1-6H3,(H,36,41). The minimum absolute atomic E-state index is 0.0357. The van der Waals surface area contributed by atoms with Crippen LogP contribution in [0.4, 0.5) is 8.78 Å². The quantitative estimate of drug-likeness (QED) is 0.158. The van der Waals surface area contributed by atoms with Crippen LogP contribution in [0.2, 0.25) is 0 Å². The number of hydrazine groups is 1. The molecule has 2 aliphatic rings. The smallest absolute Gasteiger partial charge is 0.226 e. The van der Waals surface area contributed by atoms with Gasteiger partial charge >= 0.3 is 0 Å². The van der Waals surface area contributed by atoms with Crippen molar-refractivity contribution < 1.29 is 31.9 Å². The topological polar surface area (TPSA) is 119 Å². The van der Waals surface area contributed by atoms with Gasteiger partial charge in [-0.15, -0.1) is 16.7 Å². The molecule has 2 amide bonds. The van der Waals surface area contributed by atoms with E-state index in [1.807, 2.05) is 25.7 Å². The first-order valence-electron chi connectivity index (χ1n) is 17.0. The molecule has 45 heavy (non-hydrogen) atoms. The summed E-state index contributed by atoms with van der Waals surface area (Å²) < 4.78 is 53.9. The van der Waals surface area contributed by atoms with E-state index in [0.29, 0.717) is 45.3 Å². The molecule has 7 unspecified atom stereocenters. The van der Waals surface area contributed by atoms with E-state index < -0.39 is 51.6 Å². The molecule has 0 aromatic heterocycles. The lowest BCUT2D eigenvalue weighted by Crippen LogP contribution is -2.55. The van der Waals surface area contributed by atoms with Crippen molar-refractivity contribution in [3.05, 3.63) is 0 Å². The zero-order valence-electron chi connectivity index (χ0n) is 28.2. The maximum Gasteiger partial charge on any atom is 0.226 e. The van der Waals surface area contributed by atoms with Gasteiger partial charge in [-0.2, -0.15) is 0 Å². The molecule has 0 aromatic carbocycles. The van der Waals surface area contributed by atoms with Crippen molar-refractivity contribution in [3.8, 4) is 11.8 Å². The van der Waals surface area contributed by atoms with Crippen molar-refractivity contribution in [2.24, 2.45) is 23.7 Å². The first kappa shape index (κ1) is 39.4. The van der Waals surface area contributed by atoms with Crippen LogP contribution in [0.25, 0.3) is 0 Å². The minimum Gasteiger partial charge on any atom is -0.390 e. The number of nitrogens with zero attached hydrogens (tertiary/aromatic N) is 2. The average Bonchev–Trinajstić information content (AvgIpc) is 2.95. The lowest BCUT2D eigenvalue weighted by Gasteiger charge is -2.37. The van der Waals surface area contributed by atoms with Gasteiger partial charge in [-0.05, 0) is 84.5 Å². The molecule has 0 aromatic rings. The molecule has 0 bridgehead atoms. The van der Waals surface area contributed by atoms with E-state index in [0.717, 1.165) is 12.8 Å². The summed E-state index contributed by atoms with van der Waals surface area (Å²) >= 11 is 0. The molecular weight excluding hydrogens is 602 g/mol. The lowest BCUT2D eigenvalue weighted by molar-refractivity contribution is -0.139. The number of alkyl halides is 2. The Balaban J connectivity index is 2.30. The highest BCUT2D eigenvalue weighted by molar-refractivity contribution is 7.90. The molecule has 2 aliphatic carbocycles. The molecule has 260 valence electrons. The first-order valence-corrected chi connectivity index (χ1v) is 18.5. The van der Waals surface area contributed by atoms with E-state index in [1.54, 1.807) is 20.8 Å². The third kappa shape index (κ3) is 12.7. The fourth-order valence-corrected chi connectivity index (χ4v) is 7.46. The number of carbonyl (C=O) groups excluding carboxylic acids is 2. The van der Waals surface area contributed by atoms with Crippen LogP contribution in [-0.2, 0) is 19.6 Å². The summed E-state index contributed by atoms with van der Waals surface area (Å²) in [6.45, 7) is 12.3. The summed E-state index contributed by atoms with van der Waals surface area (Å²) in [5, 5.41) is 15.2. The Hall–Kier alpha value is -1.81. The van der Waals surface area contributed by atoms with Crippen LogP contribution in [0.5, 0.6) is 0 Å². The molecular formula is C33H58F2N4O5S. The molecule has 3 N–H and O–H groups in total. The predicted molar refractivity (Wildman–Crippen MR) is 174 cm³/mol. The normalized spacial score (nSPS) is 27.0. The zero-order chi connectivity index (χ0) is 33.7. The van der Waals surface area contributed by atoms with Crippen LogP contribution in [0, 0.1) is 35.5 Å². The van der Waals surface area contributed by atoms with Gasteiger partial charge < -0.3 is 15.3 Å². The molecule has 2 saturated carbocycles. The maximum atomic E-state index is 14.3. The number of rotatable bonds is 17. The number of halogens is 2. The Morgan fingerprint density at radius 2 is 1.49 bits per heavy atom. The van der Waals surface area contributed by atoms with E-state index in [-0.39, 0.29) is 55.9 Å². The first-order chi connectivity index (χ1) is 21.2. The van der Waals surface area contributed by atoms with Crippen molar-refractivity contribution in [1.82, 2.24) is 20.1 Å². The second kappa shape index (κ2) is 19.1. The van der Waals surface area contributed by atoms with Gasteiger partial charge in [0.25, 0.3) is 0 Å². The number of nitrogens with one attached hydrogen (secondary N) is 2. The van der Waals surface area contributed by atoms with Crippen molar-refractivity contribution in [2.45, 2.75) is 135 Å². The Morgan fingerprint density at radius 3 is 2.02 bits per heavy atom. The van der Waals surface area contributed by atoms with Crippen LogP contribution in [0.15, 0.2) is 0 Å². The summed E-state index contributed by atoms with van der Waals surface area (Å²) in [6, 6.07) is -0.869. The van der Waals surface area contributed by atoms with E-state index in [4.69, 9.17) is 0 Å². The van der Waals surface area contributed by atoms with Crippen LogP contribution in [0.3, 0.4) is 0 Å². The van der Waals surface area contributed by atoms with Crippen molar-refractivity contribution >= 4 is 21.8 Å². The number of aliphatic hydroxyl groups excluding tert-OH is 1. The number of hydrogen-bond acceptors (Lipinski definition) is 6. The summed E-state index contributed by atoms with van der Waals surface area (Å²) in [4.78, 5) is 31.9. The lowest BCUT2D eigenvalue weighted by atomic mass is 9.74. The Kier molecular flexibility index (Phi) is 16.7. The number of hydrogen-bond donors (Lipinski definition) is 3. The van der Waals surface area contributed by atoms with Gasteiger partial charge in [0, 0.05) is 50.4 Å². The summed E-state index contributed by atoms with van der Waals surface area (Å²) in [5.41, 5.74) is 0. The Labute approximate surface area is 270 Å². The molecule has 7 atom stereocenters. The highest BCUT2D eigenvalue weighted by atomic mass is 32.2. The highest BCUT2D eigenvalue weighted by Crippen LogP contribution is 2.36. The van der Waals surface area contributed by atoms with Crippen molar-refractivity contribution in [3.63, 3.8) is 0 Å². The van der Waals surface area contributed by atoms with Crippen LogP contribution in [0.1, 0.15) is 106 Å². The van der Waals surface area contributed by atoms with E-state index in [9.17, 15) is 31.9 Å². The maximum absolute atomic E-state index is 14.3. The summed E-state index contributed by atoms with van der Waals surface area (Å²) in [7, 11) is -3.68. The van der Waals surface area contributed by atoms with Crippen molar-refractivity contribution in [1.29, 1.82) is 0 Å². The summed E-state index contributed by atoms with van der Waals surface area (Å²) in [6.07, 6.45) is 0.149. The molecule has 12 heteroatoms. The molecule has 0 aliphatic heterocycles. The number of amides is 2. The van der Waals surface area contributed by atoms with Gasteiger partial charge in [-0.1, -0.05) is 20.8 Å². The molecule has 2 fully saturated rings. The predicted octanol–water partition coefficient (Wildman–Crippen LogP) is 4.36. The van der Waals surface area contributed by atoms with E-state index in [2.05, 4.69) is 22.0 Å². The molecule has 9 nitrogen and oxygen atoms in total. The second-order valence-corrected chi connectivity index (χ2v) is 15.5. The van der Waals surface area contributed by atoms with Gasteiger partial charge in [-0.25, -0.2) is 22.2 Å². The van der Waals surface area contributed by atoms with E-state index in [1.165, 1.54) is 5.01 Å².